The highest BCUT2D eigenvalue weighted by Crippen LogP contribution is 2.23. The Morgan fingerprint density at radius 1 is 1.03 bits per heavy atom. The minimum atomic E-state index is -1.73. The van der Waals surface area contributed by atoms with Crippen molar-refractivity contribution in [3.05, 3.63) is 98.2 Å². The topological polar surface area (TPSA) is 168 Å². The van der Waals surface area contributed by atoms with Gasteiger partial charge in [0.2, 0.25) is 11.8 Å². The number of aromatic nitrogens is 5. The lowest BCUT2D eigenvalue weighted by Gasteiger charge is -2.15. The van der Waals surface area contributed by atoms with E-state index in [0.29, 0.717) is 16.5 Å². The molecule has 2 aromatic heterocycles. The number of ether oxygens (including phenoxy) is 1. The van der Waals surface area contributed by atoms with Gasteiger partial charge in [-0.05, 0) is 42.0 Å². The van der Waals surface area contributed by atoms with Crippen molar-refractivity contribution < 1.29 is 14.9 Å². The number of benzene rings is 2. The summed E-state index contributed by atoms with van der Waals surface area (Å²) >= 11 is 5.96. The van der Waals surface area contributed by atoms with Crippen LogP contribution in [0.3, 0.4) is 0 Å². The van der Waals surface area contributed by atoms with Crippen LogP contribution in [0.4, 0.5) is 11.6 Å². The summed E-state index contributed by atoms with van der Waals surface area (Å²) < 4.78 is 7.82. The van der Waals surface area contributed by atoms with E-state index in [4.69, 9.17) is 31.8 Å². The molecule has 0 amide bonds. The smallest absolute Gasteiger partial charge is 0.354 e. The second kappa shape index (κ2) is 11.4. The van der Waals surface area contributed by atoms with E-state index in [-0.39, 0.29) is 37.0 Å². The Labute approximate surface area is 214 Å². The van der Waals surface area contributed by atoms with Gasteiger partial charge in [0.25, 0.3) is 0 Å². The van der Waals surface area contributed by atoms with Crippen LogP contribution in [0.25, 0.3) is 0 Å². The van der Waals surface area contributed by atoms with E-state index in [1.807, 2.05) is 6.07 Å². The van der Waals surface area contributed by atoms with Crippen molar-refractivity contribution in [2.24, 2.45) is 0 Å². The van der Waals surface area contributed by atoms with Gasteiger partial charge in [0.05, 0.1) is 31.4 Å². The predicted molar refractivity (Wildman–Crippen MR) is 133 cm³/mol. The number of halogens is 1. The minimum Gasteiger partial charge on any atom is -0.438 e. The molecular formula is C24H20ClN7O5. The van der Waals surface area contributed by atoms with Gasteiger partial charge in [-0.1, -0.05) is 23.7 Å². The fourth-order valence-corrected chi connectivity index (χ4v) is 3.39. The van der Waals surface area contributed by atoms with Crippen molar-refractivity contribution in [1.82, 2.24) is 24.1 Å². The second-order valence-corrected chi connectivity index (χ2v) is 8.11. The summed E-state index contributed by atoms with van der Waals surface area (Å²) in [7, 11) is 0. The number of aliphatic hydroxyl groups excluding tert-OH is 1. The van der Waals surface area contributed by atoms with Crippen LogP contribution < -0.4 is 21.4 Å². The molecule has 2 aromatic carbocycles. The first kappa shape index (κ1) is 25.5. The van der Waals surface area contributed by atoms with Gasteiger partial charge in [-0.2, -0.15) is 10.2 Å². The van der Waals surface area contributed by atoms with E-state index < -0.39 is 17.7 Å². The Morgan fingerprint density at radius 3 is 2.38 bits per heavy atom. The third kappa shape index (κ3) is 6.36. The van der Waals surface area contributed by atoms with Crippen LogP contribution in [0.2, 0.25) is 5.02 Å². The van der Waals surface area contributed by atoms with Crippen molar-refractivity contribution in [3.63, 3.8) is 0 Å². The zero-order valence-electron chi connectivity index (χ0n) is 19.2. The predicted octanol–water partition coefficient (Wildman–Crippen LogP) is 2.33. The van der Waals surface area contributed by atoms with Crippen LogP contribution in [-0.4, -0.2) is 34.3 Å². The van der Waals surface area contributed by atoms with Gasteiger partial charge in [0.15, 0.2) is 6.29 Å². The SMILES string of the molecule is N#CCCn1c(=O)nc(Nc2ccc(Oc3cnc(C(O)O)cn3)cc2)n(Cc2ccc(Cl)cc2)c1=O. The van der Waals surface area contributed by atoms with Crippen LogP contribution in [0, 0.1) is 11.3 Å². The number of rotatable bonds is 9. The maximum absolute atomic E-state index is 13.1. The summed E-state index contributed by atoms with van der Waals surface area (Å²) in [4.78, 5) is 37.5. The largest absolute Gasteiger partial charge is 0.438 e. The van der Waals surface area contributed by atoms with Gasteiger partial charge in [0, 0.05) is 17.3 Å². The van der Waals surface area contributed by atoms with Gasteiger partial charge < -0.3 is 20.3 Å². The number of nitrogens with zero attached hydrogens (tertiary/aromatic N) is 6. The summed E-state index contributed by atoms with van der Waals surface area (Å²) in [5, 5.41) is 30.6. The quantitative estimate of drug-likeness (QED) is 0.278. The lowest BCUT2D eigenvalue weighted by Crippen LogP contribution is -2.42. The highest BCUT2D eigenvalue weighted by atomic mass is 35.5. The first-order valence-corrected chi connectivity index (χ1v) is 11.3. The molecule has 0 atom stereocenters. The molecule has 0 aliphatic rings. The molecule has 13 heteroatoms. The van der Waals surface area contributed by atoms with Crippen LogP contribution >= 0.6 is 11.6 Å². The number of aliphatic hydroxyl groups is 2. The van der Waals surface area contributed by atoms with Crippen LogP contribution in [0.5, 0.6) is 11.6 Å². The van der Waals surface area contributed by atoms with E-state index >= 15 is 0 Å². The van der Waals surface area contributed by atoms with E-state index in [1.54, 1.807) is 48.5 Å². The summed E-state index contributed by atoms with van der Waals surface area (Å²) in [5.41, 5.74) is -0.124. The first-order chi connectivity index (χ1) is 17.8. The molecule has 0 spiro atoms. The van der Waals surface area contributed by atoms with Crippen molar-refractivity contribution in [2.75, 3.05) is 5.32 Å². The van der Waals surface area contributed by atoms with Gasteiger partial charge in [-0.3, -0.25) is 4.57 Å². The molecule has 4 rings (SSSR count). The Balaban J connectivity index is 1.59. The summed E-state index contributed by atoms with van der Waals surface area (Å²) in [6.45, 7) is 0.0335. The Kier molecular flexibility index (Phi) is 7.89. The Morgan fingerprint density at radius 2 is 1.76 bits per heavy atom. The van der Waals surface area contributed by atoms with Crippen molar-refractivity contribution in [1.29, 1.82) is 5.26 Å². The van der Waals surface area contributed by atoms with Crippen LogP contribution in [-0.2, 0) is 13.1 Å². The Bertz CT molecular complexity index is 1530. The van der Waals surface area contributed by atoms with E-state index in [9.17, 15) is 9.59 Å². The summed E-state index contributed by atoms with van der Waals surface area (Å²) in [6, 6.07) is 15.4. The molecule has 0 saturated carbocycles. The molecule has 12 nitrogen and oxygen atoms in total. The molecule has 0 fully saturated rings. The van der Waals surface area contributed by atoms with Gasteiger partial charge in [-0.15, -0.1) is 0 Å². The highest BCUT2D eigenvalue weighted by molar-refractivity contribution is 6.30. The Hall–Kier alpha value is -4.57. The van der Waals surface area contributed by atoms with E-state index in [1.165, 1.54) is 17.0 Å². The van der Waals surface area contributed by atoms with Gasteiger partial charge in [0.1, 0.15) is 11.4 Å². The zero-order valence-corrected chi connectivity index (χ0v) is 19.9. The molecule has 0 bridgehead atoms. The standard InChI is InChI=1S/C24H20ClN7O5/c25-16-4-2-15(3-5-16)14-32-22(30-23(35)31(24(32)36)11-1-10-26)29-17-6-8-18(9-7-17)37-20-13-27-19(12-28-20)21(33)34/h2-9,12-13,21,33-34H,1,11,14H2,(H,29,30,35). The lowest BCUT2D eigenvalue weighted by atomic mass is 10.2. The molecule has 3 N–H and O–H groups in total. The summed E-state index contributed by atoms with van der Waals surface area (Å²) in [5.74, 6) is 0.580. The molecule has 0 radical (unpaired) electrons. The second-order valence-electron chi connectivity index (χ2n) is 7.68. The molecular weight excluding hydrogens is 502 g/mol. The van der Waals surface area contributed by atoms with Gasteiger partial charge >= 0.3 is 11.4 Å². The molecule has 2 heterocycles. The minimum absolute atomic E-state index is 0.0142. The fraction of sp³-hybridized carbons (Fsp3) is 0.167. The number of nitrogens with one attached hydrogen (secondary N) is 1. The molecule has 188 valence electrons. The molecule has 37 heavy (non-hydrogen) atoms. The number of anilines is 2. The normalized spacial score (nSPS) is 10.8. The lowest BCUT2D eigenvalue weighted by molar-refractivity contribution is -0.0461. The van der Waals surface area contributed by atoms with Crippen molar-refractivity contribution >= 4 is 23.2 Å². The summed E-state index contributed by atoms with van der Waals surface area (Å²) in [6.07, 6.45) is 0.688. The van der Waals surface area contributed by atoms with E-state index in [0.717, 1.165) is 10.1 Å². The zero-order chi connectivity index (χ0) is 26.4. The van der Waals surface area contributed by atoms with Crippen LogP contribution in [0.1, 0.15) is 24.0 Å². The highest BCUT2D eigenvalue weighted by Gasteiger charge is 2.14. The monoisotopic (exact) mass is 521 g/mol. The third-order valence-corrected chi connectivity index (χ3v) is 5.35. The fourth-order valence-electron chi connectivity index (χ4n) is 3.26. The first-order valence-electron chi connectivity index (χ1n) is 10.9. The molecule has 0 unspecified atom stereocenters. The average Bonchev–Trinajstić information content (AvgIpc) is 2.89. The van der Waals surface area contributed by atoms with Crippen molar-refractivity contribution in [2.45, 2.75) is 25.8 Å². The van der Waals surface area contributed by atoms with Crippen molar-refractivity contribution in [3.8, 4) is 17.7 Å². The average molecular weight is 522 g/mol. The van der Waals surface area contributed by atoms with Crippen LogP contribution in [0.15, 0.2) is 70.5 Å². The molecule has 4 aromatic rings. The number of nitriles is 1. The molecule has 0 saturated heterocycles. The molecule has 0 aliphatic carbocycles. The maximum Gasteiger partial charge on any atom is 0.354 e. The van der Waals surface area contributed by atoms with Gasteiger partial charge in [-0.25, -0.2) is 24.1 Å². The molecule has 0 aliphatic heterocycles. The number of hydrogen-bond donors (Lipinski definition) is 3. The third-order valence-electron chi connectivity index (χ3n) is 5.10. The maximum atomic E-state index is 13.1. The number of hydrogen-bond acceptors (Lipinski definition) is 10. The van der Waals surface area contributed by atoms with E-state index in [2.05, 4.69) is 20.3 Å².